The quantitative estimate of drug-likeness (QED) is 0.582. The fraction of sp³-hybridized carbons (Fsp3) is 0.143. The van der Waals surface area contributed by atoms with Crippen molar-refractivity contribution in [3.05, 3.63) is 35.4 Å². The molecule has 0 aromatic heterocycles. The van der Waals surface area contributed by atoms with Crippen molar-refractivity contribution in [2.75, 3.05) is 0 Å². The molecule has 0 atom stereocenters. The Balaban J connectivity index is 0.000000810. The Hall–Kier alpha value is 0.184. The predicted molar refractivity (Wildman–Crippen MR) is 29.9 cm³/mol. The van der Waals surface area contributed by atoms with E-state index in [1.807, 2.05) is 0 Å². The minimum Gasteiger partial charge on any atom is -0.281 e. The zero-order valence-corrected chi connectivity index (χ0v) is 8.33. The molecule has 0 bridgehead atoms. The Morgan fingerprint density at radius 1 is 1.40 bits per heavy atom. The first-order valence-electron chi connectivity index (χ1n) is 2.53. The van der Waals surface area contributed by atoms with Crippen LogP contribution in [0.5, 0.6) is 0 Å². The predicted octanol–water partition coefficient (Wildman–Crippen LogP) is 2.07. The average molecular weight is 216 g/mol. The molecule has 10 heavy (non-hydrogen) atoms. The van der Waals surface area contributed by atoms with Crippen molar-refractivity contribution in [1.29, 1.82) is 0 Å². The van der Waals surface area contributed by atoms with Gasteiger partial charge in [-0.25, -0.2) is 4.39 Å². The van der Waals surface area contributed by atoms with Crippen LogP contribution in [0.4, 0.5) is 8.78 Å². The second kappa shape index (κ2) is 4.14. The number of benzene rings is 1. The van der Waals surface area contributed by atoms with Gasteiger partial charge < -0.3 is 0 Å². The zero-order chi connectivity index (χ0) is 6.85. The molecule has 1 rings (SSSR count). The average Bonchev–Trinajstić information content (AvgIpc) is 1.80. The number of aryl methyl sites for hydroxylation is 1. The van der Waals surface area contributed by atoms with Crippen molar-refractivity contribution in [2.24, 2.45) is 0 Å². The van der Waals surface area contributed by atoms with Crippen molar-refractivity contribution < 1.29 is 41.5 Å². The minimum absolute atomic E-state index is 0. The molecule has 0 saturated heterocycles. The summed E-state index contributed by atoms with van der Waals surface area (Å²) in [6.45, 7) is 1.68. The summed E-state index contributed by atoms with van der Waals surface area (Å²) < 4.78 is 24.2. The van der Waals surface area contributed by atoms with Gasteiger partial charge in [0.05, 0.1) is 0 Å². The Bertz CT molecular complexity index is 223. The van der Waals surface area contributed by atoms with E-state index in [1.54, 1.807) is 6.92 Å². The molecule has 1 aromatic carbocycles. The van der Waals surface area contributed by atoms with Crippen LogP contribution >= 0.6 is 0 Å². The number of rotatable bonds is 0. The fourth-order valence-electron chi connectivity index (χ4n) is 0.551. The maximum atomic E-state index is 12.2. The van der Waals surface area contributed by atoms with Crippen LogP contribution < -0.4 is 0 Å². The van der Waals surface area contributed by atoms with E-state index in [-0.39, 0.29) is 32.7 Å². The summed E-state index contributed by atoms with van der Waals surface area (Å²) in [4.78, 5) is 0. The van der Waals surface area contributed by atoms with E-state index in [1.165, 1.54) is 6.07 Å². The van der Waals surface area contributed by atoms with E-state index in [0.29, 0.717) is 5.56 Å². The molecule has 0 aliphatic carbocycles. The summed E-state index contributed by atoms with van der Waals surface area (Å²) >= 11 is 0. The first kappa shape index (κ1) is 10.2. The van der Waals surface area contributed by atoms with E-state index in [4.69, 9.17) is 0 Å². The summed E-state index contributed by atoms with van der Waals surface area (Å²) in [5.41, 5.74) is 0.675. The Morgan fingerprint density at radius 3 is 2.40 bits per heavy atom. The normalized spacial score (nSPS) is 8.70. The van der Waals surface area contributed by atoms with Crippen molar-refractivity contribution in [3.63, 3.8) is 0 Å². The monoisotopic (exact) mass is 216 g/mol. The molecule has 1 radical (unpaired) electrons. The summed E-state index contributed by atoms with van der Waals surface area (Å²) in [6.07, 6.45) is 0. The molecule has 0 amide bonds. The molecule has 0 aliphatic heterocycles. The van der Waals surface area contributed by atoms with Gasteiger partial charge in [-0.1, -0.05) is 6.92 Å². The van der Waals surface area contributed by atoms with Gasteiger partial charge in [-0.05, 0) is 0 Å². The van der Waals surface area contributed by atoms with Gasteiger partial charge >= 0.3 is 0 Å². The Kier molecular flexibility index (Phi) is 4.22. The van der Waals surface area contributed by atoms with Crippen LogP contribution in [-0.2, 0) is 32.7 Å². The minimum atomic E-state index is -0.916. The van der Waals surface area contributed by atoms with Crippen molar-refractivity contribution >= 4 is 0 Å². The molecule has 0 N–H and O–H groups in total. The van der Waals surface area contributed by atoms with E-state index in [0.717, 1.165) is 6.07 Å². The number of hydrogen-bond donors (Lipinski definition) is 0. The van der Waals surface area contributed by atoms with Gasteiger partial charge in [0, 0.05) is 44.3 Å². The van der Waals surface area contributed by atoms with Crippen molar-refractivity contribution in [1.82, 2.24) is 0 Å². The molecule has 0 fully saturated rings. The van der Waals surface area contributed by atoms with Crippen LogP contribution in [-0.4, -0.2) is 0 Å². The van der Waals surface area contributed by atoms with Crippen LogP contribution in [0.15, 0.2) is 12.1 Å². The molecular weight excluding hydrogens is 211 g/mol. The molecule has 0 nitrogen and oxygen atoms in total. The first-order chi connectivity index (χ1) is 4.20. The molecule has 0 aliphatic rings. The molecule has 0 unspecified atom stereocenters. The van der Waals surface area contributed by atoms with Gasteiger partial charge in [0.25, 0.3) is 0 Å². The Labute approximate surface area is 83.5 Å². The van der Waals surface area contributed by atoms with Crippen LogP contribution in [0.3, 0.4) is 0 Å². The molecular formula is C7H5F2Y-. The second-order valence-corrected chi connectivity index (χ2v) is 1.84. The summed E-state index contributed by atoms with van der Waals surface area (Å²) in [7, 11) is 0. The molecule has 51 valence electrons. The van der Waals surface area contributed by atoms with Crippen LogP contribution in [0.2, 0.25) is 0 Å². The second-order valence-electron chi connectivity index (χ2n) is 1.84. The third-order valence-corrected chi connectivity index (χ3v) is 0.991. The summed E-state index contributed by atoms with van der Waals surface area (Å²) in [6, 6.07) is 4.66. The SMILES string of the molecule is Cc1c[c-]c(F)c(F)c1.[Y]. The topological polar surface area (TPSA) is 0 Å². The maximum Gasteiger partial charge on any atom is 0.0451 e. The van der Waals surface area contributed by atoms with Crippen molar-refractivity contribution in [2.45, 2.75) is 6.92 Å². The molecule has 3 heteroatoms. The van der Waals surface area contributed by atoms with Gasteiger partial charge in [0.15, 0.2) is 0 Å². The smallest absolute Gasteiger partial charge is 0.0451 e. The summed E-state index contributed by atoms with van der Waals surface area (Å²) in [5, 5.41) is 0. The molecule has 1 aromatic rings. The third kappa shape index (κ3) is 2.43. The van der Waals surface area contributed by atoms with E-state index in [9.17, 15) is 8.78 Å². The van der Waals surface area contributed by atoms with Gasteiger partial charge in [-0.15, -0.1) is 12.1 Å². The zero-order valence-electron chi connectivity index (χ0n) is 5.49. The first-order valence-corrected chi connectivity index (χ1v) is 2.53. The van der Waals surface area contributed by atoms with E-state index in [2.05, 4.69) is 6.07 Å². The number of halogens is 2. The van der Waals surface area contributed by atoms with Crippen LogP contribution in [0, 0.1) is 24.6 Å². The standard InChI is InChI=1S/C7H5F2.Y/c1-5-2-3-6(8)7(9)4-5;/h2,4H,1H3;/q-1;. The van der Waals surface area contributed by atoms with Gasteiger partial charge in [0.2, 0.25) is 0 Å². The largest absolute Gasteiger partial charge is 0.281 e. The van der Waals surface area contributed by atoms with E-state index < -0.39 is 11.6 Å². The third-order valence-electron chi connectivity index (χ3n) is 0.991. The van der Waals surface area contributed by atoms with Crippen molar-refractivity contribution in [3.8, 4) is 0 Å². The van der Waals surface area contributed by atoms with E-state index >= 15 is 0 Å². The van der Waals surface area contributed by atoms with Gasteiger partial charge in [-0.3, -0.25) is 4.39 Å². The molecule has 0 spiro atoms. The maximum absolute atomic E-state index is 12.2. The molecule has 0 saturated carbocycles. The van der Waals surface area contributed by atoms with Crippen LogP contribution in [0.1, 0.15) is 5.56 Å². The van der Waals surface area contributed by atoms with Crippen LogP contribution in [0.25, 0.3) is 0 Å². The fourth-order valence-corrected chi connectivity index (χ4v) is 0.551. The number of hydrogen-bond acceptors (Lipinski definition) is 0. The van der Waals surface area contributed by atoms with Gasteiger partial charge in [0.1, 0.15) is 0 Å². The summed E-state index contributed by atoms with van der Waals surface area (Å²) in [5.74, 6) is -1.75. The van der Waals surface area contributed by atoms with Gasteiger partial charge in [-0.2, -0.15) is 11.6 Å². The molecule has 0 heterocycles. The Morgan fingerprint density at radius 2 is 2.00 bits per heavy atom.